The smallest absolute Gasteiger partial charge is 0.311 e. The molecule has 0 aliphatic rings. The molecule has 1 unspecified atom stereocenters. The average Bonchev–Trinajstić information content (AvgIpc) is 2.73. The Morgan fingerprint density at radius 3 is 2.78 bits per heavy atom. The van der Waals surface area contributed by atoms with Crippen molar-refractivity contribution < 1.29 is 9.90 Å². The number of rotatable bonds is 5. The van der Waals surface area contributed by atoms with Crippen LogP contribution in [0, 0.1) is 0 Å². The molecule has 1 aromatic carbocycles. The molecule has 0 amide bonds. The molecule has 1 N–H and O–H groups in total. The Morgan fingerprint density at radius 1 is 1.39 bits per heavy atom. The fourth-order valence-corrected chi connectivity index (χ4v) is 3.08. The third kappa shape index (κ3) is 2.71. The number of fused-ring (bicyclic) bond motifs is 1. The molecule has 0 spiro atoms. The van der Waals surface area contributed by atoms with E-state index in [0.29, 0.717) is 6.42 Å². The van der Waals surface area contributed by atoms with Crippen molar-refractivity contribution in [3.63, 3.8) is 0 Å². The van der Waals surface area contributed by atoms with Crippen LogP contribution >= 0.6 is 11.3 Å². The summed E-state index contributed by atoms with van der Waals surface area (Å²) in [4.78, 5) is 13.5. The lowest BCUT2D eigenvalue weighted by Gasteiger charge is -2.15. The maximum absolute atomic E-state index is 11.4. The van der Waals surface area contributed by atoms with Crippen LogP contribution in [0.2, 0.25) is 0 Å². The maximum atomic E-state index is 11.4. The van der Waals surface area contributed by atoms with E-state index >= 15 is 0 Å². The molecule has 2 aromatic rings. The van der Waals surface area contributed by atoms with Gasteiger partial charge in [0.2, 0.25) is 0 Å². The van der Waals surface area contributed by atoms with Crippen molar-refractivity contribution in [1.82, 2.24) is 4.90 Å². The number of carboxylic acids is 1. The summed E-state index contributed by atoms with van der Waals surface area (Å²) in [5, 5.41) is 12.5. The standard InChI is InChI=1S/C14H17NO2S/c1-15(2)8-7-11(14(16)17)12-9-18-13-6-4-3-5-10(12)13/h3-6,9,11H,7-8H2,1-2H3,(H,16,17). The number of carboxylic acid groups (broad SMARTS) is 1. The van der Waals surface area contributed by atoms with Gasteiger partial charge in [0.25, 0.3) is 0 Å². The van der Waals surface area contributed by atoms with Crippen LogP contribution in [0.4, 0.5) is 0 Å². The lowest BCUT2D eigenvalue weighted by atomic mass is 9.95. The number of hydrogen-bond donors (Lipinski definition) is 1. The number of aliphatic carboxylic acids is 1. The molecule has 1 aromatic heterocycles. The third-order valence-electron chi connectivity index (χ3n) is 3.05. The van der Waals surface area contributed by atoms with Gasteiger partial charge in [-0.05, 0) is 49.5 Å². The highest BCUT2D eigenvalue weighted by molar-refractivity contribution is 7.17. The van der Waals surface area contributed by atoms with E-state index < -0.39 is 11.9 Å². The van der Waals surface area contributed by atoms with E-state index in [2.05, 4.69) is 0 Å². The first-order valence-electron chi connectivity index (χ1n) is 5.93. The molecule has 0 fully saturated rings. The predicted octanol–water partition coefficient (Wildman–Crippen LogP) is 3.02. The molecule has 0 bridgehead atoms. The Morgan fingerprint density at radius 2 is 2.11 bits per heavy atom. The first-order valence-corrected chi connectivity index (χ1v) is 6.81. The summed E-state index contributed by atoms with van der Waals surface area (Å²) in [6.45, 7) is 0.779. The minimum Gasteiger partial charge on any atom is -0.481 e. The maximum Gasteiger partial charge on any atom is 0.311 e. The van der Waals surface area contributed by atoms with E-state index in [1.807, 2.05) is 48.6 Å². The van der Waals surface area contributed by atoms with E-state index in [-0.39, 0.29) is 0 Å². The summed E-state index contributed by atoms with van der Waals surface area (Å²) in [6.07, 6.45) is 0.642. The second-order valence-corrected chi connectivity index (χ2v) is 5.58. The molecule has 3 nitrogen and oxygen atoms in total. The van der Waals surface area contributed by atoms with Crippen LogP contribution in [0.1, 0.15) is 17.9 Å². The van der Waals surface area contributed by atoms with Crippen LogP contribution in [0.3, 0.4) is 0 Å². The molecule has 18 heavy (non-hydrogen) atoms. The highest BCUT2D eigenvalue weighted by Gasteiger charge is 2.22. The fourth-order valence-electron chi connectivity index (χ4n) is 2.07. The summed E-state index contributed by atoms with van der Waals surface area (Å²) in [5.41, 5.74) is 0.949. The first-order chi connectivity index (χ1) is 8.59. The summed E-state index contributed by atoms with van der Waals surface area (Å²) >= 11 is 1.62. The van der Waals surface area contributed by atoms with Crippen molar-refractivity contribution in [2.75, 3.05) is 20.6 Å². The summed E-state index contributed by atoms with van der Waals surface area (Å²) in [6, 6.07) is 7.99. The van der Waals surface area contributed by atoms with Crippen molar-refractivity contribution >= 4 is 27.4 Å². The normalized spacial score (nSPS) is 13.1. The molecule has 0 aliphatic carbocycles. The van der Waals surface area contributed by atoms with Crippen LogP contribution in [0.5, 0.6) is 0 Å². The lowest BCUT2D eigenvalue weighted by molar-refractivity contribution is -0.139. The first kappa shape index (κ1) is 13.1. The van der Waals surface area contributed by atoms with Gasteiger partial charge in [-0.1, -0.05) is 18.2 Å². The van der Waals surface area contributed by atoms with Crippen molar-refractivity contribution in [2.24, 2.45) is 0 Å². The van der Waals surface area contributed by atoms with Gasteiger partial charge in [-0.2, -0.15) is 0 Å². The van der Waals surface area contributed by atoms with E-state index in [4.69, 9.17) is 0 Å². The lowest BCUT2D eigenvalue weighted by Crippen LogP contribution is -2.20. The summed E-state index contributed by atoms with van der Waals surface area (Å²) in [7, 11) is 3.93. The van der Waals surface area contributed by atoms with Crippen LogP contribution in [-0.2, 0) is 4.79 Å². The van der Waals surface area contributed by atoms with Crippen molar-refractivity contribution in [2.45, 2.75) is 12.3 Å². The zero-order valence-corrected chi connectivity index (χ0v) is 11.4. The highest BCUT2D eigenvalue weighted by Crippen LogP contribution is 2.33. The quantitative estimate of drug-likeness (QED) is 0.901. The second kappa shape index (κ2) is 5.50. The Labute approximate surface area is 111 Å². The largest absolute Gasteiger partial charge is 0.481 e. The van der Waals surface area contributed by atoms with Gasteiger partial charge in [-0.15, -0.1) is 11.3 Å². The molecule has 96 valence electrons. The Bertz CT molecular complexity index is 547. The van der Waals surface area contributed by atoms with Gasteiger partial charge >= 0.3 is 5.97 Å². The highest BCUT2D eigenvalue weighted by atomic mass is 32.1. The van der Waals surface area contributed by atoms with Gasteiger partial charge in [0.1, 0.15) is 0 Å². The van der Waals surface area contributed by atoms with Crippen molar-refractivity contribution in [3.8, 4) is 0 Å². The Kier molecular flexibility index (Phi) is 3.99. The Hall–Kier alpha value is -1.39. The van der Waals surface area contributed by atoms with Gasteiger partial charge in [0, 0.05) is 4.70 Å². The molecule has 2 rings (SSSR count). The second-order valence-electron chi connectivity index (χ2n) is 4.67. The van der Waals surface area contributed by atoms with E-state index in [1.54, 1.807) is 11.3 Å². The summed E-state index contributed by atoms with van der Waals surface area (Å²) in [5.74, 6) is -1.15. The molecular formula is C14H17NO2S. The zero-order chi connectivity index (χ0) is 13.1. The van der Waals surface area contributed by atoms with Crippen molar-refractivity contribution in [1.29, 1.82) is 0 Å². The average molecular weight is 263 g/mol. The molecule has 1 heterocycles. The topological polar surface area (TPSA) is 40.5 Å². The van der Waals surface area contributed by atoms with Gasteiger partial charge < -0.3 is 10.0 Å². The number of carbonyl (C=O) groups is 1. The summed E-state index contributed by atoms with van der Waals surface area (Å²) < 4.78 is 1.16. The van der Waals surface area contributed by atoms with E-state index in [9.17, 15) is 9.90 Å². The molecule has 4 heteroatoms. The molecule has 0 radical (unpaired) electrons. The predicted molar refractivity (Wildman–Crippen MR) is 75.4 cm³/mol. The van der Waals surface area contributed by atoms with Crippen molar-refractivity contribution in [3.05, 3.63) is 35.2 Å². The molecule has 1 atom stereocenters. The monoisotopic (exact) mass is 263 g/mol. The number of hydrogen-bond acceptors (Lipinski definition) is 3. The Balaban J connectivity index is 2.33. The molecule has 0 saturated carbocycles. The number of thiophene rings is 1. The zero-order valence-electron chi connectivity index (χ0n) is 10.6. The van der Waals surface area contributed by atoms with E-state index in [1.165, 1.54) is 0 Å². The van der Waals surface area contributed by atoms with Crippen LogP contribution in [0.25, 0.3) is 10.1 Å². The molecule has 0 aliphatic heterocycles. The minimum atomic E-state index is -0.736. The molecular weight excluding hydrogens is 246 g/mol. The van der Waals surface area contributed by atoms with Gasteiger partial charge in [0.05, 0.1) is 5.92 Å². The fraction of sp³-hybridized carbons (Fsp3) is 0.357. The minimum absolute atomic E-state index is 0.413. The number of benzene rings is 1. The van der Waals surface area contributed by atoms with Gasteiger partial charge in [0.15, 0.2) is 0 Å². The van der Waals surface area contributed by atoms with Gasteiger partial charge in [-0.3, -0.25) is 4.79 Å². The SMILES string of the molecule is CN(C)CCC(C(=O)O)c1csc2ccccc12. The molecule has 0 saturated heterocycles. The van der Waals surface area contributed by atoms with Gasteiger partial charge in [-0.25, -0.2) is 0 Å². The van der Waals surface area contributed by atoms with Crippen LogP contribution in [0.15, 0.2) is 29.6 Å². The third-order valence-corrected chi connectivity index (χ3v) is 4.03. The number of nitrogens with zero attached hydrogens (tertiary/aromatic N) is 1. The van der Waals surface area contributed by atoms with Crippen LogP contribution in [-0.4, -0.2) is 36.6 Å². The van der Waals surface area contributed by atoms with Crippen LogP contribution < -0.4 is 0 Å². The van der Waals surface area contributed by atoms with E-state index in [0.717, 1.165) is 22.2 Å².